The third-order valence-electron chi connectivity index (χ3n) is 3.98. The molecule has 3 rings (SSSR count). The van der Waals surface area contributed by atoms with Gasteiger partial charge in [-0.15, -0.1) is 0 Å². The van der Waals surface area contributed by atoms with Crippen LogP contribution in [0.5, 0.6) is 0 Å². The summed E-state index contributed by atoms with van der Waals surface area (Å²) >= 11 is 6.20. The van der Waals surface area contributed by atoms with E-state index in [1.54, 1.807) is 12.4 Å². The molecule has 0 spiro atoms. The molecule has 0 radical (unpaired) electrons. The molecule has 0 aliphatic carbocycles. The minimum atomic E-state index is 0.396. The Bertz CT molecular complexity index is 590. The Morgan fingerprint density at radius 1 is 1.14 bits per heavy atom. The number of anilines is 2. The minimum absolute atomic E-state index is 0.396. The van der Waals surface area contributed by atoms with Crippen molar-refractivity contribution >= 4 is 23.1 Å². The average Bonchev–Trinajstić information content (AvgIpc) is 2.56. The lowest BCUT2D eigenvalue weighted by Gasteiger charge is -2.43. The third kappa shape index (κ3) is 2.95. The maximum atomic E-state index is 6.20. The molecule has 2 aromatic rings. The Hall–Kier alpha value is -1.81. The predicted molar refractivity (Wildman–Crippen MR) is 87.1 cm³/mol. The van der Waals surface area contributed by atoms with E-state index in [-0.39, 0.29) is 0 Å². The van der Waals surface area contributed by atoms with E-state index in [0.717, 1.165) is 31.9 Å². The van der Waals surface area contributed by atoms with E-state index in [0.29, 0.717) is 11.2 Å². The number of rotatable bonds is 3. The Kier molecular flexibility index (Phi) is 4.25. The normalized spacial score (nSPS) is 18.9. The summed E-state index contributed by atoms with van der Waals surface area (Å²) in [6.07, 6.45) is 4.39. The van der Waals surface area contributed by atoms with Gasteiger partial charge < -0.3 is 9.80 Å². The number of halogens is 1. The summed E-state index contributed by atoms with van der Waals surface area (Å²) in [7, 11) is 0. The van der Waals surface area contributed by atoms with Crippen molar-refractivity contribution in [2.75, 3.05) is 29.4 Å². The van der Waals surface area contributed by atoms with Crippen molar-refractivity contribution < 1.29 is 0 Å². The highest BCUT2D eigenvalue weighted by atomic mass is 35.5. The van der Waals surface area contributed by atoms with Gasteiger partial charge in [0.15, 0.2) is 11.0 Å². The number of para-hydroxylation sites is 1. The molecule has 0 amide bonds. The highest BCUT2D eigenvalue weighted by molar-refractivity contribution is 6.31. The predicted octanol–water partition coefficient (Wildman–Crippen LogP) is 3.24. The van der Waals surface area contributed by atoms with Crippen LogP contribution in [0.2, 0.25) is 5.15 Å². The van der Waals surface area contributed by atoms with E-state index in [1.165, 1.54) is 5.69 Å². The first kappa shape index (κ1) is 14.1. The molecular formula is C16H19ClN4. The monoisotopic (exact) mass is 302 g/mol. The molecule has 0 saturated carbocycles. The van der Waals surface area contributed by atoms with Crippen LogP contribution < -0.4 is 9.80 Å². The number of hydrogen-bond donors (Lipinski definition) is 0. The molecule has 1 saturated heterocycles. The zero-order valence-electron chi connectivity index (χ0n) is 12.1. The van der Waals surface area contributed by atoms with Crippen molar-refractivity contribution in [3.05, 3.63) is 47.9 Å². The number of hydrogen-bond acceptors (Lipinski definition) is 4. The molecule has 2 heterocycles. The summed E-state index contributed by atoms with van der Waals surface area (Å²) in [5.74, 6) is 0.804. The highest BCUT2D eigenvalue weighted by Crippen LogP contribution is 2.27. The van der Waals surface area contributed by atoms with Crippen molar-refractivity contribution in [1.82, 2.24) is 9.97 Å². The van der Waals surface area contributed by atoms with Crippen LogP contribution in [0.4, 0.5) is 11.5 Å². The second kappa shape index (κ2) is 6.31. The summed E-state index contributed by atoms with van der Waals surface area (Å²) in [6.45, 7) is 5.06. The van der Waals surface area contributed by atoms with Gasteiger partial charge in [0.05, 0.1) is 0 Å². The topological polar surface area (TPSA) is 32.3 Å². The minimum Gasteiger partial charge on any atom is -0.368 e. The van der Waals surface area contributed by atoms with Crippen LogP contribution in [-0.4, -0.2) is 35.6 Å². The Morgan fingerprint density at radius 2 is 1.90 bits per heavy atom. The fourth-order valence-electron chi connectivity index (χ4n) is 2.86. The van der Waals surface area contributed by atoms with Crippen LogP contribution in [0.1, 0.15) is 13.3 Å². The molecule has 1 aliphatic rings. The molecule has 4 nitrogen and oxygen atoms in total. The fraction of sp³-hybridized carbons (Fsp3) is 0.375. The van der Waals surface area contributed by atoms with E-state index < -0.39 is 0 Å². The third-order valence-corrected chi connectivity index (χ3v) is 4.25. The molecule has 1 aliphatic heterocycles. The lowest BCUT2D eigenvalue weighted by atomic mass is 10.1. The zero-order valence-corrected chi connectivity index (χ0v) is 12.9. The van der Waals surface area contributed by atoms with Crippen molar-refractivity contribution in [2.24, 2.45) is 0 Å². The largest absolute Gasteiger partial charge is 0.368 e. The van der Waals surface area contributed by atoms with E-state index in [1.807, 2.05) is 0 Å². The maximum Gasteiger partial charge on any atom is 0.171 e. The quantitative estimate of drug-likeness (QED) is 0.871. The first-order valence-corrected chi connectivity index (χ1v) is 7.70. The summed E-state index contributed by atoms with van der Waals surface area (Å²) in [5, 5.41) is 0.490. The van der Waals surface area contributed by atoms with Gasteiger partial charge in [-0.25, -0.2) is 9.97 Å². The SMILES string of the molecule is CCC1CN(c2ccccc2)CCN1c1nccnc1Cl. The number of piperazine rings is 1. The Balaban J connectivity index is 1.80. The smallest absolute Gasteiger partial charge is 0.171 e. The van der Waals surface area contributed by atoms with Gasteiger partial charge in [-0.05, 0) is 18.6 Å². The van der Waals surface area contributed by atoms with E-state index in [9.17, 15) is 0 Å². The molecule has 1 atom stereocenters. The van der Waals surface area contributed by atoms with Gasteiger partial charge in [0.1, 0.15) is 0 Å². The van der Waals surface area contributed by atoms with Gasteiger partial charge in [0, 0.05) is 43.8 Å². The number of nitrogens with zero attached hydrogens (tertiary/aromatic N) is 4. The summed E-state index contributed by atoms with van der Waals surface area (Å²) in [5.41, 5.74) is 1.28. The summed E-state index contributed by atoms with van der Waals surface area (Å²) < 4.78 is 0. The average molecular weight is 303 g/mol. The van der Waals surface area contributed by atoms with Crippen molar-refractivity contribution in [3.8, 4) is 0 Å². The first-order chi connectivity index (χ1) is 10.3. The highest BCUT2D eigenvalue weighted by Gasteiger charge is 2.28. The first-order valence-electron chi connectivity index (χ1n) is 7.32. The molecule has 1 aromatic carbocycles. The molecule has 1 fully saturated rings. The van der Waals surface area contributed by atoms with Crippen LogP contribution in [0.25, 0.3) is 0 Å². The van der Waals surface area contributed by atoms with Gasteiger partial charge in [-0.2, -0.15) is 0 Å². The second-order valence-corrected chi connectivity index (χ2v) is 5.57. The number of aromatic nitrogens is 2. The van der Waals surface area contributed by atoms with E-state index >= 15 is 0 Å². The van der Waals surface area contributed by atoms with Crippen LogP contribution in [-0.2, 0) is 0 Å². The molecule has 21 heavy (non-hydrogen) atoms. The van der Waals surface area contributed by atoms with Gasteiger partial charge in [0.25, 0.3) is 0 Å². The van der Waals surface area contributed by atoms with Crippen LogP contribution in [0.3, 0.4) is 0 Å². The van der Waals surface area contributed by atoms with Gasteiger partial charge >= 0.3 is 0 Å². The molecule has 0 bridgehead atoms. The molecule has 5 heteroatoms. The lowest BCUT2D eigenvalue weighted by molar-refractivity contribution is 0.504. The van der Waals surface area contributed by atoms with Gasteiger partial charge in [-0.3, -0.25) is 0 Å². The van der Waals surface area contributed by atoms with E-state index in [2.05, 4.69) is 57.0 Å². The summed E-state index contributed by atoms with van der Waals surface area (Å²) in [6, 6.07) is 10.9. The fourth-order valence-corrected chi connectivity index (χ4v) is 3.08. The molecule has 1 aromatic heterocycles. The molecule has 0 N–H and O–H groups in total. The van der Waals surface area contributed by atoms with Crippen molar-refractivity contribution in [1.29, 1.82) is 0 Å². The standard InChI is InChI=1S/C16H19ClN4/c1-2-13-12-20(14-6-4-3-5-7-14)10-11-21(13)16-15(17)18-8-9-19-16/h3-9,13H,2,10-12H2,1H3. The summed E-state index contributed by atoms with van der Waals surface area (Å²) in [4.78, 5) is 13.3. The molecule has 110 valence electrons. The van der Waals surface area contributed by atoms with Crippen LogP contribution >= 0.6 is 11.6 Å². The van der Waals surface area contributed by atoms with Gasteiger partial charge in [-0.1, -0.05) is 36.7 Å². The van der Waals surface area contributed by atoms with E-state index in [4.69, 9.17) is 11.6 Å². The van der Waals surface area contributed by atoms with Crippen molar-refractivity contribution in [2.45, 2.75) is 19.4 Å². The van der Waals surface area contributed by atoms with Crippen LogP contribution in [0.15, 0.2) is 42.7 Å². The zero-order chi connectivity index (χ0) is 14.7. The number of benzene rings is 1. The Labute approximate surface area is 130 Å². The lowest BCUT2D eigenvalue weighted by Crippen LogP contribution is -2.53. The van der Waals surface area contributed by atoms with Crippen molar-refractivity contribution in [3.63, 3.8) is 0 Å². The Morgan fingerprint density at radius 3 is 2.62 bits per heavy atom. The van der Waals surface area contributed by atoms with Crippen LogP contribution in [0, 0.1) is 0 Å². The molecule has 1 unspecified atom stereocenters. The maximum absolute atomic E-state index is 6.20. The second-order valence-electron chi connectivity index (χ2n) is 5.21. The van der Waals surface area contributed by atoms with Gasteiger partial charge in [0.2, 0.25) is 0 Å². The molecular weight excluding hydrogens is 284 g/mol.